The van der Waals surface area contributed by atoms with E-state index in [2.05, 4.69) is 10.2 Å². The van der Waals surface area contributed by atoms with Crippen molar-refractivity contribution in [1.82, 2.24) is 10.2 Å². The third-order valence-corrected chi connectivity index (χ3v) is 3.43. The zero-order valence-corrected chi connectivity index (χ0v) is 8.74. The second-order valence-electron chi connectivity index (χ2n) is 4.85. The second kappa shape index (κ2) is 3.77. The first-order chi connectivity index (χ1) is 6.58. The fourth-order valence-electron chi connectivity index (χ4n) is 2.38. The van der Waals surface area contributed by atoms with Gasteiger partial charge in [-0.3, -0.25) is 10.2 Å². The molecule has 2 rings (SSSR count). The zero-order valence-electron chi connectivity index (χ0n) is 8.74. The highest BCUT2D eigenvalue weighted by Gasteiger charge is 2.37. The maximum Gasteiger partial charge on any atom is 0.0794 e. The van der Waals surface area contributed by atoms with Gasteiger partial charge in [0.05, 0.1) is 11.7 Å². The summed E-state index contributed by atoms with van der Waals surface area (Å²) in [7, 11) is 0. The first-order valence-electron chi connectivity index (χ1n) is 5.44. The first kappa shape index (κ1) is 10.4. The Morgan fingerprint density at radius 1 is 1.50 bits per heavy atom. The van der Waals surface area contributed by atoms with Gasteiger partial charge in [-0.25, -0.2) is 0 Å². The predicted molar refractivity (Wildman–Crippen MR) is 53.8 cm³/mol. The van der Waals surface area contributed by atoms with Crippen LogP contribution in [0.2, 0.25) is 0 Å². The van der Waals surface area contributed by atoms with Crippen LogP contribution in [0.25, 0.3) is 0 Å². The molecule has 3 N–H and O–H groups in total. The van der Waals surface area contributed by atoms with E-state index in [4.69, 9.17) is 5.11 Å². The maximum absolute atomic E-state index is 9.98. The summed E-state index contributed by atoms with van der Waals surface area (Å²) < 4.78 is 0. The van der Waals surface area contributed by atoms with Gasteiger partial charge in [0.15, 0.2) is 0 Å². The number of hydrogen-bond donors (Lipinski definition) is 3. The summed E-state index contributed by atoms with van der Waals surface area (Å²) in [5, 5.41) is 22.4. The highest BCUT2D eigenvalue weighted by Crippen LogP contribution is 2.29. The number of rotatable bonds is 3. The van der Waals surface area contributed by atoms with E-state index in [1.165, 1.54) is 0 Å². The van der Waals surface area contributed by atoms with Crippen LogP contribution in [-0.2, 0) is 0 Å². The lowest BCUT2D eigenvalue weighted by molar-refractivity contribution is -0.0159. The van der Waals surface area contributed by atoms with Crippen LogP contribution in [0.15, 0.2) is 0 Å². The summed E-state index contributed by atoms with van der Waals surface area (Å²) in [4.78, 5) is 2.15. The minimum absolute atomic E-state index is 0.138. The maximum atomic E-state index is 9.98. The van der Waals surface area contributed by atoms with Gasteiger partial charge in [-0.1, -0.05) is 0 Å². The van der Waals surface area contributed by atoms with Crippen molar-refractivity contribution >= 4 is 0 Å². The Kier molecular flexibility index (Phi) is 2.79. The Labute approximate surface area is 84.9 Å². The summed E-state index contributed by atoms with van der Waals surface area (Å²) in [5.74, 6) is 0. The van der Waals surface area contributed by atoms with Crippen LogP contribution in [0.4, 0.5) is 0 Å². The highest BCUT2D eigenvalue weighted by atomic mass is 16.3. The molecule has 1 aliphatic heterocycles. The number of nitrogens with zero attached hydrogens (tertiary/aromatic N) is 1. The van der Waals surface area contributed by atoms with E-state index in [9.17, 15) is 5.11 Å². The van der Waals surface area contributed by atoms with Crippen LogP contribution in [-0.4, -0.2) is 52.6 Å². The van der Waals surface area contributed by atoms with Crippen LogP contribution >= 0.6 is 0 Å². The smallest absolute Gasteiger partial charge is 0.0794 e. The highest BCUT2D eigenvalue weighted by molar-refractivity contribution is 4.94. The van der Waals surface area contributed by atoms with Gasteiger partial charge in [0.25, 0.3) is 0 Å². The molecule has 0 bridgehead atoms. The average molecular weight is 200 g/mol. The number of likely N-dealkylation sites (tertiary alicyclic amines) is 1. The van der Waals surface area contributed by atoms with Gasteiger partial charge in [-0.05, 0) is 26.2 Å². The van der Waals surface area contributed by atoms with Crippen LogP contribution < -0.4 is 5.32 Å². The molecule has 0 aromatic carbocycles. The molecule has 0 spiro atoms. The lowest BCUT2D eigenvalue weighted by Gasteiger charge is -2.38. The summed E-state index contributed by atoms with van der Waals surface area (Å²) >= 11 is 0. The third-order valence-electron chi connectivity index (χ3n) is 3.43. The molecule has 4 nitrogen and oxygen atoms in total. The second-order valence-corrected chi connectivity index (χ2v) is 4.85. The summed E-state index contributed by atoms with van der Waals surface area (Å²) in [6.07, 6.45) is 2.92. The Morgan fingerprint density at radius 2 is 2.21 bits per heavy atom. The first-order valence-corrected chi connectivity index (χ1v) is 5.44. The van der Waals surface area contributed by atoms with E-state index >= 15 is 0 Å². The van der Waals surface area contributed by atoms with Crippen molar-refractivity contribution in [2.75, 3.05) is 19.8 Å². The number of aliphatic hydroxyl groups is 2. The lowest BCUT2D eigenvalue weighted by Crippen LogP contribution is -2.57. The molecule has 0 aromatic rings. The molecule has 2 aliphatic rings. The average Bonchev–Trinajstić information content (AvgIpc) is 2.37. The number of nitrogens with one attached hydrogen (secondary N) is 1. The Hall–Kier alpha value is -0.160. The van der Waals surface area contributed by atoms with Gasteiger partial charge < -0.3 is 10.2 Å². The molecule has 1 aliphatic carbocycles. The molecule has 0 radical (unpaired) electrons. The Balaban J connectivity index is 1.70. The number of aliphatic hydroxyl groups excluding tert-OH is 1. The monoisotopic (exact) mass is 200 g/mol. The molecular formula is C10H20N2O2. The molecular weight excluding hydrogens is 180 g/mol. The quantitative estimate of drug-likeness (QED) is 0.575. The van der Waals surface area contributed by atoms with Crippen LogP contribution in [0.1, 0.15) is 26.2 Å². The summed E-state index contributed by atoms with van der Waals surface area (Å²) in [6, 6.07) is 0.222. The molecule has 2 unspecified atom stereocenters. The molecule has 2 fully saturated rings. The summed E-state index contributed by atoms with van der Waals surface area (Å²) in [6.45, 7) is 4.23. The van der Waals surface area contributed by atoms with Gasteiger partial charge in [0, 0.05) is 25.8 Å². The standard InChI is InChI=1S/C10H20N2O2/c1-10(14)4-2-3-9(10)11-7-12-5-8(13)6-12/h8-9,11,13-14H,2-7H2,1H3. The van der Waals surface area contributed by atoms with E-state index in [1.54, 1.807) is 0 Å². The molecule has 4 heteroatoms. The van der Waals surface area contributed by atoms with Crippen LogP contribution in [0.5, 0.6) is 0 Å². The molecule has 82 valence electrons. The zero-order chi connectivity index (χ0) is 10.2. The van der Waals surface area contributed by atoms with E-state index in [-0.39, 0.29) is 12.1 Å². The molecule has 0 amide bonds. The lowest BCUT2D eigenvalue weighted by atomic mass is 10.0. The van der Waals surface area contributed by atoms with Crippen molar-refractivity contribution in [3.8, 4) is 0 Å². The van der Waals surface area contributed by atoms with Crippen molar-refractivity contribution in [1.29, 1.82) is 0 Å². The third kappa shape index (κ3) is 2.08. The Bertz CT molecular complexity index is 202. The van der Waals surface area contributed by atoms with E-state index in [1.807, 2.05) is 6.92 Å². The minimum Gasteiger partial charge on any atom is -0.390 e. The molecule has 2 atom stereocenters. The van der Waals surface area contributed by atoms with Crippen molar-refractivity contribution in [2.45, 2.75) is 43.9 Å². The minimum atomic E-state index is -0.538. The normalized spacial score (nSPS) is 40.1. The van der Waals surface area contributed by atoms with Gasteiger partial charge >= 0.3 is 0 Å². The molecule has 0 aromatic heterocycles. The van der Waals surface area contributed by atoms with Crippen molar-refractivity contribution in [3.63, 3.8) is 0 Å². The number of β-amino-alcohol motifs (C(OH)–C–C–N with tert-alkyl or cyclic N) is 1. The van der Waals surface area contributed by atoms with Gasteiger partial charge in [0.2, 0.25) is 0 Å². The predicted octanol–water partition coefficient (Wildman–Crippen LogP) is -0.487. The molecule has 14 heavy (non-hydrogen) atoms. The van der Waals surface area contributed by atoms with E-state index in [0.29, 0.717) is 0 Å². The van der Waals surface area contributed by atoms with Gasteiger partial charge in [-0.15, -0.1) is 0 Å². The van der Waals surface area contributed by atoms with Crippen molar-refractivity contribution in [2.24, 2.45) is 0 Å². The topological polar surface area (TPSA) is 55.7 Å². The van der Waals surface area contributed by atoms with Crippen LogP contribution in [0, 0.1) is 0 Å². The van der Waals surface area contributed by atoms with Crippen molar-refractivity contribution in [3.05, 3.63) is 0 Å². The summed E-state index contributed by atoms with van der Waals surface area (Å²) in [5.41, 5.74) is -0.538. The van der Waals surface area contributed by atoms with Gasteiger partial charge in [-0.2, -0.15) is 0 Å². The SMILES string of the molecule is CC1(O)CCCC1NCN1CC(O)C1. The van der Waals surface area contributed by atoms with E-state index in [0.717, 1.165) is 39.0 Å². The van der Waals surface area contributed by atoms with Crippen LogP contribution in [0.3, 0.4) is 0 Å². The molecule has 1 saturated heterocycles. The fourth-order valence-corrected chi connectivity index (χ4v) is 2.38. The molecule has 1 heterocycles. The number of hydrogen-bond acceptors (Lipinski definition) is 4. The van der Waals surface area contributed by atoms with Gasteiger partial charge in [0.1, 0.15) is 0 Å². The molecule has 1 saturated carbocycles. The Morgan fingerprint density at radius 3 is 2.71 bits per heavy atom. The largest absolute Gasteiger partial charge is 0.390 e. The van der Waals surface area contributed by atoms with E-state index < -0.39 is 5.60 Å². The fraction of sp³-hybridized carbons (Fsp3) is 1.00. The van der Waals surface area contributed by atoms with Crippen molar-refractivity contribution < 1.29 is 10.2 Å².